The quantitative estimate of drug-likeness (QED) is 0.362. The van der Waals surface area contributed by atoms with Crippen molar-refractivity contribution in [3.05, 3.63) is 78.1 Å². The number of fused-ring (bicyclic) bond motifs is 1. The highest BCUT2D eigenvalue weighted by Gasteiger charge is 2.19. The number of methoxy groups -OCH3 is 1. The van der Waals surface area contributed by atoms with Crippen LogP contribution in [0, 0.1) is 0 Å². The van der Waals surface area contributed by atoms with Crippen LogP contribution in [0.15, 0.2) is 67.0 Å². The number of aromatic amines is 1. The summed E-state index contributed by atoms with van der Waals surface area (Å²) in [6, 6.07) is 16.6. The molecule has 170 valence electrons. The van der Waals surface area contributed by atoms with Gasteiger partial charge in [-0.25, -0.2) is 4.98 Å². The molecule has 1 unspecified atom stereocenters. The lowest BCUT2D eigenvalue weighted by molar-refractivity contribution is 0.0913. The summed E-state index contributed by atoms with van der Waals surface area (Å²) in [6.07, 6.45) is 4.12. The molecule has 0 saturated carbocycles. The van der Waals surface area contributed by atoms with Gasteiger partial charge in [0.15, 0.2) is 0 Å². The number of pyridine rings is 1. The van der Waals surface area contributed by atoms with E-state index in [1.165, 1.54) is 0 Å². The maximum atomic E-state index is 13.2. The number of hydrogen-bond acceptors (Lipinski definition) is 5. The molecule has 2 heterocycles. The van der Waals surface area contributed by atoms with Gasteiger partial charge in [-0.1, -0.05) is 24.3 Å². The minimum atomic E-state index is -0.447. The molecule has 33 heavy (non-hydrogen) atoms. The largest absolute Gasteiger partial charge is 0.493 e. The fraction of sp³-hybridized carbons (Fsp3) is 0.231. The van der Waals surface area contributed by atoms with Crippen LogP contribution in [-0.4, -0.2) is 47.3 Å². The zero-order valence-corrected chi connectivity index (χ0v) is 18.7. The Labute approximate surface area is 192 Å². The van der Waals surface area contributed by atoms with E-state index in [4.69, 9.17) is 9.47 Å². The smallest absolute Gasteiger partial charge is 0.255 e. The number of amides is 1. The molecule has 1 atom stereocenters. The number of nitrogens with zero attached hydrogens (tertiary/aromatic N) is 1. The van der Waals surface area contributed by atoms with Gasteiger partial charge in [-0.05, 0) is 48.7 Å². The molecule has 0 fully saturated rings. The molecule has 7 nitrogen and oxygen atoms in total. The Kier molecular flexibility index (Phi) is 6.90. The summed E-state index contributed by atoms with van der Waals surface area (Å²) >= 11 is 0. The number of rotatable bonds is 9. The number of hydrogen-bond donors (Lipinski definition) is 3. The molecule has 0 saturated heterocycles. The van der Waals surface area contributed by atoms with Crippen LogP contribution in [0.2, 0.25) is 0 Å². The van der Waals surface area contributed by atoms with Crippen molar-refractivity contribution in [3.8, 4) is 22.8 Å². The van der Waals surface area contributed by atoms with Crippen molar-refractivity contribution in [2.24, 2.45) is 0 Å². The highest BCUT2D eigenvalue weighted by molar-refractivity contribution is 5.98. The summed E-state index contributed by atoms with van der Waals surface area (Å²) in [6.45, 7) is 2.12. The van der Waals surface area contributed by atoms with E-state index in [2.05, 4.69) is 15.3 Å². The molecule has 2 aromatic carbocycles. The standard InChI is InChI=1S/C26H27N3O4/c1-3-33-24-10-8-17(18-9-11-25(32-2)28-14-18)13-22(24)26(31)29-20(16-30)12-19-15-27-23-7-5-4-6-21(19)23/h4-11,13-15,20,27,30H,3,12,16H2,1-2H3,(H,29,31). The van der Waals surface area contributed by atoms with E-state index >= 15 is 0 Å². The predicted octanol–water partition coefficient (Wildman–Crippen LogP) is 3.97. The van der Waals surface area contributed by atoms with Gasteiger partial charge < -0.3 is 24.9 Å². The molecule has 0 aliphatic rings. The van der Waals surface area contributed by atoms with E-state index in [9.17, 15) is 9.90 Å². The number of aromatic nitrogens is 2. The number of benzene rings is 2. The Balaban J connectivity index is 1.58. The Morgan fingerprint density at radius 1 is 1.15 bits per heavy atom. The first-order valence-electron chi connectivity index (χ1n) is 10.9. The van der Waals surface area contributed by atoms with Gasteiger partial charge in [-0.3, -0.25) is 4.79 Å². The fourth-order valence-electron chi connectivity index (χ4n) is 3.83. The Hall–Kier alpha value is -3.84. The lowest BCUT2D eigenvalue weighted by atomic mass is 10.0. The van der Waals surface area contributed by atoms with Gasteiger partial charge in [-0.15, -0.1) is 0 Å². The zero-order chi connectivity index (χ0) is 23.2. The molecular weight excluding hydrogens is 418 g/mol. The molecule has 0 spiro atoms. The summed E-state index contributed by atoms with van der Waals surface area (Å²) in [5.74, 6) is 0.704. The Morgan fingerprint density at radius 3 is 2.70 bits per heavy atom. The molecule has 7 heteroatoms. The molecule has 0 aliphatic heterocycles. The van der Waals surface area contributed by atoms with Crippen LogP contribution in [0.3, 0.4) is 0 Å². The molecule has 4 aromatic rings. The highest BCUT2D eigenvalue weighted by atomic mass is 16.5. The first-order chi connectivity index (χ1) is 16.1. The zero-order valence-electron chi connectivity index (χ0n) is 18.7. The van der Waals surface area contributed by atoms with Gasteiger partial charge in [-0.2, -0.15) is 0 Å². The monoisotopic (exact) mass is 445 g/mol. The van der Waals surface area contributed by atoms with E-state index in [-0.39, 0.29) is 12.5 Å². The van der Waals surface area contributed by atoms with Crippen LogP contribution in [0.25, 0.3) is 22.0 Å². The molecular formula is C26H27N3O4. The summed E-state index contributed by atoms with van der Waals surface area (Å²) < 4.78 is 10.8. The normalized spacial score (nSPS) is 11.8. The number of carbonyl (C=O) groups is 1. The second-order valence-electron chi connectivity index (χ2n) is 7.65. The fourth-order valence-corrected chi connectivity index (χ4v) is 3.83. The van der Waals surface area contributed by atoms with Crippen molar-refractivity contribution in [2.75, 3.05) is 20.3 Å². The van der Waals surface area contributed by atoms with E-state index in [1.54, 1.807) is 31.5 Å². The van der Waals surface area contributed by atoms with Crippen LogP contribution in [0.1, 0.15) is 22.8 Å². The maximum absolute atomic E-state index is 13.2. The number of ether oxygens (including phenoxy) is 2. The molecule has 0 bridgehead atoms. The summed E-state index contributed by atoms with van der Waals surface area (Å²) in [4.78, 5) is 20.7. The van der Waals surface area contributed by atoms with Crippen LogP contribution >= 0.6 is 0 Å². The molecule has 2 aromatic heterocycles. The second-order valence-corrected chi connectivity index (χ2v) is 7.65. The van der Waals surface area contributed by atoms with Crippen molar-refractivity contribution in [3.63, 3.8) is 0 Å². The van der Waals surface area contributed by atoms with Gasteiger partial charge in [0.05, 0.1) is 31.9 Å². The van der Waals surface area contributed by atoms with Crippen LogP contribution in [-0.2, 0) is 6.42 Å². The third kappa shape index (κ3) is 4.99. The van der Waals surface area contributed by atoms with Crippen LogP contribution in [0.4, 0.5) is 0 Å². The van der Waals surface area contributed by atoms with Crippen molar-refractivity contribution >= 4 is 16.8 Å². The van der Waals surface area contributed by atoms with Crippen molar-refractivity contribution in [1.29, 1.82) is 0 Å². The number of aliphatic hydroxyl groups excluding tert-OH is 1. The third-order valence-corrected chi connectivity index (χ3v) is 5.50. The Bertz CT molecular complexity index is 1230. The van der Waals surface area contributed by atoms with Crippen LogP contribution < -0.4 is 14.8 Å². The average Bonchev–Trinajstić information content (AvgIpc) is 3.26. The van der Waals surface area contributed by atoms with Gasteiger partial charge in [0.1, 0.15) is 5.75 Å². The molecule has 0 radical (unpaired) electrons. The number of para-hydroxylation sites is 1. The minimum absolute atomic E-state index is 0.183. The van der Waals surface area contributed by atoms with E-state index in [0.29, 0.717) is 30.2 Å². The average molecular weight is 446 g/mol. The molecule has 3 N–H and O–H groups in total. The van der Waals surface area contributed by atoms with Crippen molar-refractivity contribution < 1.29 is 19.4 Å². The summed E-state index contributed by atoms with van der Waals surface area (Å²) in [7, 11) is 1.56. The lowest BCUT2D eigenvalue weighted by Crippen LogP contribution is -2.39. The minimum Gasteiger partial charge on any atom is -0.493 e. The molecule has 0 aliphatic carbocycles. The number of nitrogens with one attached hydrogen (secondary N) is 2. The molecule has 4 rings (SSSR count). The van der Waals surface area contributed by atoms with Crippen molar-refractivity contribution in [1.82, 2.24) is 15.3 Å². The van der Waals surface area contributed by atoms with Gasteiger partial charge in [0.25, 0.3) is 5.91 Å². The predicted molar refractivity (Wildman–Crippen MR) is 128 cm³/mol. The van der Waals surface area contributed by atoms with Crippen LogP contribution in [0.5, 0.6) is 11.6 Å². The summed E-state index contributed by atoms with van der Waals surface area (Å²) in [5, 5.41) is 14.0. The number of H-pyrrole nitrogens is 1. The first kappa shape index (κ1) is 22.4. The Morgan fingerprint density at radius 2 is 1.97 bits per heavy atom. The number of aliphatic hydroxyl groups is 1. The van der Waals surface area contributed by atoms with Crippen molar-refractivity contribution in [2.45, 2.75) is 19.4 Å². The second kappa shape index (κ2) is 10.2. The number of carbonyl (C=O) groups excluding carboxylic acids is 1. The lowest BCUT2D eigenvalue weighted by Gasteiger charge is -2.18. The van der Waals surface area contributed by atoms with E-state index in [0.717, 1.165) is 27.6 Å². The third-order valence-electron chi connectivity index (χ3n) is 5.50. The van der Waals surface area contributed by atoms with E-state index < -0.39 is 6.04 Å². The van der Waals surface area contributed by atoms with Gasteiger partial charge >= 0.3 is 0 Å². The maximum Gasteiger partial charge on any atom is 0.255 e. The van der Waals surface area contributed by atoms with Gasteiger partial charge in [0.2, 0.25) is 5.88 Å². The topological polar surface area (TPSA) is 96.5 Å². The molecule has 1 amide bonds. The highest BCUT2D eigenvalue weighted by Crippen LogP contribution is 2.28. The SMILES string of the molecule is CCOc1ccc(-c2ccc(OC)nc2)cc1C(=O)NC(CO)Cc1c[nH]c2ccccc12. The van der Waals surface area contributed by atoms with E-state index in [1.807, 2.05) is 49.5 Å². The summed E-state index contributed by atoms with van der Waals surface area (Å²) in [5.41, 5.74) is 4.15. The first-order valence-corrected chi connectivity index (χ1v) is 10.9. The van der Waals surface area contributed by atoms with Gasteiger partial charge in [0, 0.05) is 34.9 Å².